The Hall–Kier alpha value is -3.10. The van der Waals surface area contributed by atoms with Crippen molar-refractivity contribution in [2.24, 2.45) is 0 Å². The number of carbonyl (C=O) groups excluding carboxylic acids is 4. The van der Waals surface area contributed by atoms with Crippen LogP contribution < -0.4 is 15.4 Å². The minimum atomic E-state index is -1.26. The number of nitrogens with one attached hydrogen (secondary N) is 2. The average molecular weight is 377 g/mol. The maximum Gasteiger partial charge on any atom is 0.325 e. The van der Waals surface area contributed by atoms with Crippen molar-refractivity contribution in [2.45, 2.75) is 25.3 Å². The van der Waals surface area contributed by atoms with Gasteiger partial charge in [0.1, 0.15) is 17.8 Å². The molecule has 0 unspecified atom stereocenters. The van der Waals surface area contributed by atoms with E-state index in [0.717, 1.165) is 4.90 Å². The minimum Gasteiger partial charge on any atom is -0.497 e. The summed E-state index contributed by atoms with van der Waals surface area (Å²) in [4.78, 5) is 48.9. The molecule has 0 spiro atoms. The van der Waals surface area contributed by atoms with Crippen molar-refractivity contribution in [2.75, 3.05) is 27.3 Å². The Morgan fingerprint density at radius 1 is 1.19 bits per heavy atom. The molecule has 146 valence electrons. The Bertz CT molecular complexity index is 733. The van der Waals surface area contributed by atoms with Crippen LogP contribution in [0.5, 0.6) is 5.75 Å². The highest BCUT2D eigenvalue weighted by molar-refractivity contribution is 6.09. The standard InChI is InChI=1S/C18H23N3O6/c1-18(12-6-8-13(26-2)9-7-12)16(24)21(17(25)20-18)11-14(22)19-10-4-5-15(23)27-3/h6-9H,4-5,10-11H2,1-3H3,(H,19,22)(H,20,25)/t18-/m1/s1. The molecule has 1 aromatic rings. The van der Waals surface area contributed by atoms with Gasteiger partial charge in [0.15, 0.2) is 0 Å². The number of urea groups is 1. The SMILES string of the molecule is COC(=O)CCCNC(=O)CN1C(=O)N[C@](C)(c2ccc(OC)cc2)C1=O. The van der Waals surface area contributed by atoms with Gasteiger partial charge >= 0.3 is 12.0 Å². The van der Waals surface area contributed by atoms with E-state index in [2.05, 4.69) is 15.4 Å². The third-order valence-corrected chi connectivity index (χ3v) is 4.35. The largest absolute Gasteiger partial charge is 0.497 e. The lowest BCUT2D eigenvalue weighted by Crippen LogP contribution is -2.43. The summed E-state index contributed by atoms with van der Waals surface area (Å²) in [5.74, 6) is -0.736. The molecule has 0 bridgehead atoms. The summed E-state index contributed by atoms with van der Waals surface area (Å²) in [6, 6.07) is 6.12. The van der Waals surface area contributed by atoms with Crippen molar-refractivity contribution in [3.8, 4) is 5.75 Å². The Kier molecular flexibility index (Phi) is 6.38. The molecule has 0 radical (unpaired) electrons. The molecule has 2 N–H and O–H groups in total. The van der Waals surface area contributed by atoms with E-state index in [0.29, 0.717) is 17.7 Å². The number of nitrogens with zero attached hydrogens (tertiary/aromatic N) is 1. The molecule has 1 heterocycles. The van der Waals surface area contributed by atoms with E-state index < -0.39 is 29.9 Å². The number of hydrogen-bond donors (Lipinski definition) is 2. The number of ether oxygens (including phenoxy) is 2. The summed E-state index contributed by atoms with van der Waals surface area (Å²) in [7, 11) is 2.82. The molecule has 1 saturated heterocycles. The van der Waals surface area contributed by atoms with Crippen LogP contribution >= 0.6 is 0 Å². The molecule has 1 fully saturated rings. The Morgan fingerprint density at radius 2 is 1.85 bits per heavy atom. The number of imide groups is 1. The van der Waals surface area contributed by atoms with E-state index >= 15 is 0 Å². The second-order valence-corrected chi connectivity index (χ2v) is 6.20. The van der Waals surface area contributed by atoms with Gasteiger partial charge in [0.05, 0.1) is 14.2 Å². The fourth-order valence-electron chi connectivity index (χ4n) is 2.72. The van der Waals surface area contributed by atoms with Crippen LogP contribution in [0.2, 0.25) is 0 Å². The predicted molar refractivity (Wildman–Crippen MR) is 94.9 cm³/mol. The van der Waals surface area contributed by atoms with Crippen molar-refractivity contribution >= 4 is 23.8 Å². The molecule has 0 aliphatic carbocycles. The van der Waals surface area contributed by atoms with Gasteiger partial charge in [-0.25, -0.2) is 4.79 Å². The van der Waals surface area contributed by atoms with E-state index in [4.69, 9.17) is 4.74 Å². The number of amides is 4. The van der Waals surface area contributed by atoms with Crippen molar-refractivity contribution in [3.63, 3.8) is 0 Å². The first-order chi connectivity index (χ1) is 12.8. The van der Waals surface area contributed by atoms with E-state index in [1.807, 2.05) is 0 Å². The normalized spacial score (nSPS) is 18.9. The molecule has 0 aromatic heterocycles. The fourth-order valence-corrected chi connectivity index (χ4v) is 2.72. The zero-order valence-electron chi connectivity index (χ0n) is 15.5. The first kappa shape index (κ1) is 20.2. The van der Waals surface area contributed by atoms with Gasteiger partial charge in [-0.1, -0.05) is 12.1 Å². The molecular formula is C18H23N3O6. The van der Waals surface area contributed by atoms with Gasteiger partial charge in [-0.05, 0) is 31.0 Å². The zero-order chi connectivity index (χ0) is 20.0. The van der Waals surface area contributed by atoms with Gasteiger partial charge in [-0.15, -0.1) is 0 Å². The Labute approximate surface area is 157 Å². The molecule has 1 aliphatic rings. The fraction of sp³-hybridized carbons (Fsp3) is 0.444. The highest BCUT2D eigenvalue weighted by Crippen LogP contribution is 2.29. The van der Waals surface area contributed by atoms with Crippen molar-refractivity contribution in [1.82, 2.24) is 15.5 Å². The van der Waals surface area contributed by atoms with Gasteiger partial charge in [0, 0.05) is 13.0 Å². The van der Waals surface area contributed by atoms with Crippen molar-refractivity contribution < 1.29 is 28.7 Å². The Balaban J connectivity index is 1.96. The molecule has 0 saturated carbocycles. The van der Waals surface area contributed by atoms with Gasteiger partial charge in [-0.2, -0.15) is 0 Å². The van der Waals surface area contributed by atoms with Crippen LogP contribution in [0.1, 0.15) is 25.3 Å². The molecule has 4 amide bonds. The quantitative estimate of drug-likeness (QED) is 0.388. The van der Waals surface area contributed by atoms with Crippen LogP contribution in [0.3, 0.4) is 0 Å². The van der Waals surface area contributed by atoms with E-state index in [9.17, 15) is 19.2 Å². The van der Waals surface area contributed by atoms with Gasteiger partial charge in [0.2, 0.25) is 5.91 Å². The first-order valence-electron chi connectivity index (χ1n) is 8.44. The second-order valence-electron chi connectivity index (χ2n) is 6.20. The third kappa shape index (κ3) is 4.55. The van der Waals surface area contributed by atoms with E-state index in [-0.39, 0.29) is 18.9 Å². The van der Waals surface area contributed by atoms with Crippen molar-refractivity contribution in [1.29, 1.82) is 0 Å². The highest BCUT2D eigenvalue weighted by atomic mass is 16.5. The molecule has 1 aromatic carbocycles. The van der Waals surface area contributed by atoms with Crippen LogP contribution in [-0.2, 0) is 24.7 Å². The van der Waals surface area contributed by atoms with Crippen LogP contribution in [-0.4, -0.2) is 56.0 Å². The number of carbonyl (C=O) groups is 4. The molecule has 9 nitrogen and oxygen atoms in total. The monoisotopic (exact) mass is 377 g/mol. The molecule has 1 atom stereocenters. The van der Waals surface area contributed by atoms with Crippen LogP contribution in [0.4, 0.5) is 4.79 Å². The third-order valence-electron chi connectivity index (χ3n) is 4.35. The molecule has 9 heteroatoms. The number of hydrogen-bond acceptors (Lipinski definition) is 6. The summed E-state index contributed by atoms with van der Waals surface area (Å²) >= 11 is 0. The summed E-state index contributed by atoms with van der Waals surface area (Å²) in [5.41, 5.74) is -0.670. The minimum absolute atomic E-state index is 0.176. The molecule has 2 rings (SSSR count). The summed E-state index contributed by atoms with van der Waals surface area (Å²) in [5, 5.41) is 5.21. The Morgan fingerprint density at radius 3 is 2.44 bits per heavy atom. The van der Waals surface area contributed by atoms with Crippen LogP contribution in [0, 0.1) is 0 Å². The van der Waals surface area contributed by atoms with Crippen LogP contribution in [0.15, 0.2) is 24.3 Å². The van der Waals surface area contributed by atoms with Crippen LogP contribution in [0.25, 0.3) is 0 Å². The van der Waals surface area contributed by atoms with Gasteiger partial charge in [-0.3, -0.25) is 19.3 Å². The number of benzene rings is 1. The maximum atomic E-state index is 12.8. The second kappa shape index (κ2) is 8.52. The smallest absolute Gasteiger partial charge is 0.325 e. The lowest BCUT2D eigenvalue weighted by molar-refractivity contribution is -0.140. The molecule has 27 heavy (non-hydrogen) atoms. The average Bonchev–Trinajstić information content (AvgIpc) is 2.89. The van der Waals surface area contributed by atoms with E-state index in [1.165, 1.54) is 14.2 Å². The lowest BCUT2D eigenvalue weighted by Gasteiger charge is -2.22. The summed E-state index contributed by atoms with van der Waals surface area (Å²) in [6.07, 6.45) is 0.581. The number of methoxy groups -OCH3 is 2. The number of esters is 1. The number of rotatable bonds is 8. The topological polar surface area (TPSA) is 114 Å². The maximum absolute atomic E-state index is 12.8. The molecule has 1 aliphatic heterocycles. The predicted octanol–water partition coefficient (Wildman–Crippen LogP) is 0.532. The molecular weight excluding hydrogens is 354 g/mol. The first-order valence-corrected chi connectivity index (χ1v) is 8.44. The van der Waals surface area contributed by atoms with E-state index in [1.54, 1.807) is 31.2 Å². The lowest BCUT2D eigenvalue weighted by atomic mass is 9.92. The zero-order valence-corrected chi connectivity index (χ0v) is 15.5. The van der Waals surface area contributed by atoms with Gasteiger partial charge in [0.25, 0.3) is 5.91 Å². The van der Waals surface area contributed by atoms with Crippen molar-refractivity contribution in [3.05, 3.63) is 29.8 Å². The van der Waals surface area contributed by atoms with Gasteiger partial charge < -0.3 is 20.1 Å². The summed E-state index contributed by atoms with van der Waals surface area (Å²) in [6.45, 7) is 1.44. The summed E-state index contributed by atoms with van der Waals surface area (Å²) < 4.78 is 9.60. The highest BCUT2D eigenvalue weighted by Gasteiger charge is 2.49.